The third-order valence-corrected chi connectivity index (χ3v) is 3.66. The molecule has 2 rings (SSSR count). The Morgan fingerprint density at radius 2 is 1.85 bits per heavy atom. The first-order chi connectivity index (χ1) is 9.71. The second-order valence-electron chi connectivity index (χ2n) is 4.57. The lowest BCUT2D eigenvalue weighted by atomic mass is 10.3. The molecule has 2 N–H and O–H groups in total. The Kier molecular flexibility index (Phi) is 5.29. The van der Waals surface area contributed by atoms with Gasteiger partial charge in [0.25, 0.3) is 0 Å². The Hall–Kier alpha value is -1.69. The van der Waals surface area contributed by atoms with Crippen LogP contribution in [0.4, 0.5) is 11.6 Å². The molecular formula is C14H21N5S. The van der Waals surface area contributed by atoms with Gasteiger partial charge in [-0.25, -0.2) is 15.0 Å². The van der Waals surface area contributed by atoms with E-state index in [-0.39, 0.29) is 0 Å². The number of thiazole rings is 1. The average Bonchev–Trinajstić information content (AvgIpc) is 2.83. The number of rotatable bonds is 7. The van der Waals surface area contributed by atoms with Gasteiger partial charge in [0.2, 0.25) is 0 Å². The minimum atomic E-state index is 0.701. The van der Waals surface area contributed by atoms with E-state index in [9.17, 15) is 0 Å². The molecule has 5 nitrogen and oxygen atoms in total. The molecule has 0 saturated heterocycles. The second kappa shape index (κ2) is 7.19. The van der Waals surface area contributed by atoms with Crippen molar-refractivity contribution in [3.63, 3.8) is 0 Å². The molecule has 0 amide bonds. The van der Waals surface area contributed by atoms with E-state index in [4.69, 9.17) is 0 Å². The fourth-order valence-corrected chi connectivity index (χ4v) is 2.56. The monoisotopic (exact) mass is 291 g/mol. The summed E-state index contributed by atoms with van der Waals surface area (Å²) >= 11 is 1.67. The lowest BCUT2D eigenvalue weighted by Crippen LogP contribution is -2.08. The van der Waals surface area contributed by atoms with E-state index in [1.165, 1.54) is 0 Å². The van der Waals surface area contributed by atoms with Gasteiger partial charge in [0.05, 0.1) is 6.54 Å². The van der Waals surface area contributed by atoms with Crippen LogP contribution < -0.4 is 10.6 Å². The Morgan fingerprint density at radius 1 is 1.10 bits per heavy atom. The number of aromatic nitrogens is 3. The molecular weight excluding hydrogens is 270 g/mol. The molecule has 0 spiro atoms. The number of anilines is 2. The highest BCUT2D eigenvalue weighted by Gasteiger charge is 2.05. The van der Waals surface area contributed by atoms with Crippen molar-refractivity contribution in [3.05, 3.63) is 28.0 Å². The zero-order chi connectivity index (χ0) is 14.4. The van der Waals surface area contributed by atoms with Crippen LogP contribution in [0.15, 0.2) is 11.4 Å². The summed E-state index contributed by atoms with van der Waals surface area (Å²) in [7, 11) is 0. The van der Waals surface area contributed by atoms with Crippen LogP contribution in [0.1, 0.15) is 36.8 Å². The van der Waals surface area contributed by atoms with Crippen LogP contribution >= 0.6 is 11.3 Å². The van der Waals surface area contributed by atoms with E-state index in [0.717, 1.165) is 47.5 Å². The van der Waals surface area contributed by atoms with Crippen LogP contribution in [0.25, 0.3) is 0 Å². The molecule has 108 valence electrons. The summed E-state index contributed by atoms with van der Waals surface area (Å²) in [4.78, 5) is 13.5. The molecule has 0 unspecified atom stereocenters. The number of hydrogen-bond donors (Lipinski definition) is 2. The third-order valence-electron chi connectivity index (χ3n) is 2.69. The van der Waals surface area contributed by atoms with Crippen molar-refractivity contribution < 1.29 is 0 Å². The van der Waals surface area contributed by atoms with Gasteiger partial charge in [-0.2, -0.15) is 0 Å². The van der Waals surface area contributed by atoms with Crippen molar-refractivity contribution in [1.29, 1.82) is 0 Å². The Labute approximate surface area is 123 Å². The van der Waals surface area contributed by atoms with Crippen LogP contribution in [0.5, 0.6) is 0 Å². The molecule has 2 heterocycles. The highest BCUT2D eigenvalue weighted by molar-refractivity contribution is 7.09. The summed E-state index contributed by atoms with van der Waals surface area (Å²) in [5.41, 5.74) is 1.06. The minimum absolute atomic E-state index is 0.701. The summed E-state index contributed by atoms with van der Waals surface area (Å²) < 4.78 is 0. The van der Waals surface area contributed by atoms with Crippen molar-refractivity contribution >= 4 is 23.0 Å². The zero-order valence-electron chi connectivity index (χ0n) is 12.2. The quantitative estimate of drug-likeness (QED) is 0.820. The molecule has 2 aromatic heterocycles. The summed E-state index contributed by atoms with van der Waals surface area (Å²) in [5.74, 6) is 2.61. The van der Waals surface area contributed by atoms with E-state index in [2.05, 4.69) is 44.8 Å². The van der Waals surface area contributed by atoms with E-state index in [1.807, 2.05) is 13.0 Å². The van der Waals surface area contributed by atoms with E-state index >= 15 is 0 Å². The van der Waals surface area contributed by atoms with Gasteiger partial charge in [-0.3, -0.25) is 0 Å². The summed E-state index contributed by atoms with van der Waals surface area (Å²) in [6, 6.07) is 1.95. The first-order valence-electron chi connectivity index (χ1n) is 6.98. The summed E-state index contributed by atoms with van der Waals surface area (Å²) in [6.07, 6.45) is 1.94. The lowest BCUT2D eigenvalue weighted by molar-refractivity contribution is 0.833. The van der Waals surface area contributed by atoms with Gasteiger partial charge in [0, 0.05) is 30.1 Å². The zero-order valence-corrected chi connectivity index (χ0v) is 13.0. The smallest absolute Gasteiger partial charge is 0.133 e. The van der Waals surface area contributed by atoms with Gasteiger partial charge in [-0.1, -0.05) is 6.92 Å². The fourth-order valence-electron chi connectivity index (χ4n) is 1.84. The fraction of sp³-hybridized carbons (Fsp3) is 0.500. The molecule has 2 aromatic rings. The molecule has 0 aliphatic rings. The van der Waals surface area contributed by atoms with Gasteiger partial charge in [0.15, 0.2) is 0 Å². The van der Waals surface area contributed by atoms with Gasteiger partial charge >= 0.3 is 0 Å². The van der Waals surface area contributed by atoms with Crippen molar-refractivity contribution in [2.75, 3.05) is 17.2 Å². The Morgan fingerprint density at radius 3 is 2.45 bits per heavy atom. The Balaban J connectivity index is 2.08. The molecule has 0 bridgehead atoms. The van der Waals surface area contributed by atoms with Gasteiger partial charge < -0.3 is 10.6 Å². The minimum Gasteiger partial charge on any atom is -0.370 e. The molecule has 6 heteroatoms. The molecule has 0 atom stereocenters. The van der Waals surface area contributed by atoms with Crippen LogP contribution in [0, 0.1) is 6.92 Å². The molecule has 0 fully saturated rings. The topological polar surface area (TPSA) is 62.7 Å². The van der Waals surface area contributed by atoms with E-state index in [1.54, 1.807) is 11.3 Å². The molecule has 0 aliphatic heterocycles. The van der Waals surface area contributed by atoms with Crippen molar-refractivity contribution in [2.24, 2.45) is 0 Å². The molecule has 0 aromatic carbocycles. The Bertz CT molecular complexity index is 528. The standard InChI is InChI=1S/C14H21N5S/c1-4-6-11-18-12(15-5-2)7-13(19-11)16-8-14-17-10(3)9-20-14/h7,9H,4-6,8H2,1-3H3,(H2,15,16,18,19). The third kappa shape index (κ3) is 4.16. The van der Waals surface area contributed by atoms with Gasteiger partial charge in [0.1, 0.15) is 22.5 Å². The van der Waals surface area contributed by atoms with Crippen LogP contribution in [0.2, 0.25) is 0 Å². The average molecular weight is 291 g/mol. The largest absolute Gasteiger partial charge is 0.370 e. The van der Waals surface area contributed by atoms with Gasteiger partial charge in [-0.15, -0.1) is 11.3 Å². The maximum absolute atomic E-state index is 4.54. The van der Waals surface area contributed by atoms with E-state index in [0.29, 0.717) is 6.54 Å². The maximum atomic E-state index is 4.54. The second-order valence-corrected chi connectivity index (χ2v) is 5.51. The molecule has 0 radical (unpaired) electrons. The van der Waals surface area contributed by atoms with Crippen molar-refractivity contribution in [2.45, 2.75) is 40.2 Å². The number of hydrogen-bond acceptors (Lipinski definition) is 6. The van der Waals surface area contributed by atoms with Crippen LogP contribution in [-0.2, 0) is 13.0 Å². The predicted octanol–water partition coefficient (Wildman–Crippen LogP) is 3.24. The molecule has 0 aliphatic carbocycles. The normalized spacial score (nSPS) is 10.6. The summed E-state index contributed by atoms with van der Waals surface area (Å²) in [6.45, 7) is 7.76. The predicted molar refractivity (Wildman–Crippen MR) is 84.4 cm³/mol. The highest BCUT2D eigenvalue weighted by Crippen LogP contribution is 2.15. The van der Waals surface area contributed by atoms with Crippen molar-refractivity contribution in [1.82, 2.24) is 15.0 Å². The maximum Gasteiger partial charge on any atom is 0.133 e. The number of nitrogens with one attached hydrogen (secondary N) is 2. The molecule has 20 heavy (non-hydrogen) atoms. The van der Waals surface area contributed by atoms with E-state index < -0.39 is 0 Å². The molecule has 0 saturated carbocycles. The number of nitrogens with zero attached hydrogens (tertiary/aromatic N) is 3. The van der Waals surface area contributed by atoms with Crippen LogP contribution in [0.3, 0.4) is 0 Å². The van der Waals surface area contributed by atoms with Crippen LogP contribution in [-0.4, -0.2) is 21.5 Å². The van der Waals surface area contributed by atoms with Crippen molar-refractivity contribution in [3.8, 4) is 0 Å². The summed E-state index contributed by atoms with van der Waals surface area (Å²) in [5, 5.41) is 9.71. The SMILES string of the molecule is CCCc1nc(NCC)cc(NCc2nc(C)cs2)n1. The first kappa shape index (κ1) is 14.7. The van der Waals surface area contributed by atoms with Gasteiger partial charge in [-0.05, 0) is 20.3 Å². The number of aryl methyl sites for hydroxylation is 2. The lowest BCUT2D eigenvalue weighted by Gasteiger charge is -2.09. The first-order valence-corrected chi connectivity index (χ1v) is 7.86. The highest BCUT2D eigenvalue weighted by atomic mass is 32.1.